The monoisotopic (exact) mass is 719 g/mol. The summed E-state index contributed by atoms with van der Waals surface area (Å²) >= 11 is 0. The number of phosphoric ester groups is 1. The first-order valence-corrected chi connectivity index (χ1v) is 17.4. The van der Waals surface area contributed by atoms with E-state index in [2.05, 4.69) is 18.1 Å². The minimum Gasteiger partial charge on any atom is -0.497 e. The predicted octanol–water partition coefficient (Wildman–Crippen LogP) is 1.75. The molecule has 3 unspecified atom stereocenters. The Kier molecular flexibility index (Phi) is 11.7. The lowest BCUT2D eigenvalue weighted by molar-refractivity contribution is -0.386. The van der Waals surface area contributed by atoms with Crippen LogP contribution in [0.25, 0.3) is 0 Å². The van der Waals surface area contributed by atoms with Crippen molar-refractivity contribution >= 4 is 29.2 Å². The highest BCUT2D eigenvalue weighted by Crippen LogP contribution is 2.66. The van der Waals surface area contributed by atoms with Gasteiger partial charge in [-0.05, 0) is 17.5 Å². The summed E-state index contributed by atoms with van der Waals surface area (Å²) in [6, 6.07) is 4.11. The molecule has 24 heteroatoms. The van der Waals surface area contributed by atoms with Crippen LogP contribution in [-0.2, 0) is 42.9 Å². The largest absolute Gasteiger partial charge is 0.497 e. The maximum absolute atomic E-state index is 12.7. The van der Waals surface area contributed by atoms with E-state index in [-0.39, 0.29) is 23.2 Å². The van der Waals surface area contributed by atoms with E-state index in [0.717, 1.165) is 10.8 Å². The molecule has 258 valence electrons. The van der Waals surface area contributed by atoms with Crippen molar-refractivity contribution in [1.29, 1.82) is 0 Å². The number of nitrogens with zero attached hydrogens (tertiary/aromatic N) is 2. The molecular formula is C22H32N3O18P3. The van der Waals surface area contributed by atoms with Gasteiger partial charge in [0, 0.05) is 18.7 Å². The lowest BCUT2D eigenvalue weighted by atomic mass is 9.83. The van der Waals surface area contributed by atoms with Crippen LogP contribution in [-0.4, -0.2) is 65.1 Å². The highest BCUT2D eigenvalue weighted by molar-refractivity contribution is 7.66. The normalized spacial score (nSPS) is 22.2. The van der Waals surface area contributed by atoms with Crippen LogP contribution in [0.5, 0.6) is 5.75 Å². The van der Waals surface area contributed by atoms with Crippen LogP contribution >= 0.6 is 23.5 Å². The molecular weight excluding hydrogens is 687 g/mol. The van der Waals surface area contributed by atoms with E-state index in [0.29, 0.717) is 5.75 Å². The zero-order valence-electron chi connectivity index (χ0n) is 24.5. The van der Waals surface area contributed by atoms with E-state index in [1.54, 1.807) is 20.8 Å². The Morgan fingerprint density at radius 3 is 2.35 bits per heavy atom. The van der Waals surface area contributed by atoms with Crippen molar-refractivity contribution in [3.05, 3.63) is 66.5 Å². The number of ether oxygens (including phenoxy) is 3. The molecule has 1 fully saturated rings. The van der Waals surface area contributed by atoms with Gasteiger partial charge in [-0.25, -0.2) is 18.5 Å². The van der Waals surface area contributed by atoms with Crippen LogP contribution in [0.1, 0.15) is 50.7 Å². The van der Waals surface area contributed by atoms with Crippen LogP contribution < -0.4 is 16.0 Å². The topological polar surface area (TPSA) is 306 Å². The number of aromatic amines is 1. The van der Waals surface area contributed by atoms with Gasteiger partial charge in [0.15, 0.2) is 0 Å². The van der Waals surface area contributed by atoms with Gasteiger partial charge < -0.3 is 38.9 Å². The second-order valence-corrected chi connectivity index (χ2v) is 15.3. The second-order valence-electron chi connectivity index (χ2n) is 10.9. The number of rotatable bonds is 14. The Hall–Kier alpha value is -2.61. The van der Waals surface area contributed by atoms with Gasteiger partial charge in [0.1, 0.15) is 18.1 Å². The summed E-state index contributed by atoms with van der Waals surface area (Å²) in [7, 11) is -15.5. The molecule has 2 heterocycles. The van der Waals surface area contributed by atoms with E-state index in [1.807, 2.05) is 0 Å². The number of phosphoric acid groups is 3. The minimum atomic E-state index is -5.78. The molecule has 1 aromatic heterocycles. The van der Waals surface area contributed by atoms with Crippen molar-refractivity contribution in [3.63, 3.8) is 0 Å². The predicted molar refractivity (Wildman–Crippen MR) is 152 cm³/mol. The number of hydrogen-bond acceptors (Lipinski definition) is 14. The Bertz CT molecular complexity index is 1700. The van der Waals surface area contributed by atoms with Crippen LogP contribution in [0, 0.1) is 15.5 Å². The van der Waals surface area contributed by atoms with Gasteiger partial charge in [-0.1, -0.05) is 20.8 Å². The van der Waals surface area contributed by atoms with Gasteiger partial charge in [-0.15, -0.1) is 0 Å². The maximum Gasteiger partial charge on any atom is 0.490 e. The molecule has 1 aliphatic rings. The number of methoxy groups -OCH3 is 1. The van der Waals surface area contributed by atoms with Crippen LogP contribution in [0.2, 0.25) is 0 Å². The quantitative estimate of drug-likeness (QED) is 0.0920. The van der Waals surface area contributed by atoms with E-state index < -0.39 is 82.8 Å². The summed E-state index contributed by atoms with van der Waals surface area (Å²) in [4.78, 5) is 74.7. The Morgan fingerprint density at radius 1 is 1.13 bits per heavy atom. The summed E-state index contributed by atoms with van der Waals surface area (Å²) in [6.45, 7) is 3.83. The first-order valence-electron chi connectivity index (χ1n) is 12.9. The van der Waals surface area contributed by atoms with E-state index in [9.17, 15) is 48.3 Å². The number of aliphatic hydroxyl groups excluding tert-OH is 1. The summed E-state index contributed by atoms with van der Waals surface area (Å²) in [5, 5.41) is 22.2. The van der Waals surface area contributed by atoms with E-state index in [1.165, 1.54) is 25.3 Å². The molecule has 6 N–H and O–H groups in total. The molecule has 0 bridgehead atoms. The molecule has 0 saturated carbocycles. The molecule has 1 aliphatic heterocycles. The standard InChI is InChI=1S/C22H32N3O18P3/c1-22(2,3)19(14-7-13(38-4)5-6-15(14)25(29)30)39-10-12-9-24(21(28)23-20(12)27)18-8-16(26)17(41-18)11-40-45(34,35)43-46(36,37)42-44(31,32)33/h5-7,9,16-19,26H,8,10-11H2,1-4H3,(H,34,35)(H,36,37)(H,23,27,28)(H2,31,32,33)/t16?,17-,18-,19-/m1/s1. The molecule has 3 rings (SSSR count). The van der Waals surface area contributed by atoms with Gasteiger partial charge >= 0.3 is 29.2 Å². The molecule has 0 spiro atoms. The fourth-order valence-corrected chi connectivity index (χ4v) is 7.40. The van der Waals surface area contributed by atoms with Crippen LogP contribution in [0.4, 0.5) is 5.69 Å². The maximum atomic E-state index is 12.7. The molecule has 6 atom stereocenters. The third kappa shape index (κ3) is 10.2. The zero-order chi connectivity index (χ0) is 34.8. The minimum absolute atomic E-state index is 0.116. The first kappa shape index (κ1) is 37.8. The summed E-state index contributed by atoms with van der Waals surface area (Å²) in [5.41, 5.74) is -2.77. The smallest absolute Gasteiger partial charge is 0.490 e. The van der Waals surface area contributed by atoms with Crippen molar-refractivity contribution in [1.82, 2.24) is 9.55 Å². The number of nitro groups is 1. The lowest BCUT2D eigenvalue weighted by Crippen LogP contribution is -2.35. The number of hydrogen-bond donors (Lipinski definition) is 6. The summed E-state index contributed by atoms with van der Waals surface area (Å²) < 4.78 is 63.6. The Balaban J connectivity index is 1.79. The second kappa shape index (κ2) is 14.2. The number of aliphatic hydroxyl groups is 1. The molecule has 0 amide bonds. The lowest BCUT2D eigenvalue weighted by Gasteiger charge is -2.31. The van der Waals surface area contributed by atoms with Crippen molar-refractivity contribution in [2.75, 3.05) is 13.7 Å². The SMILES string of the molecule is COc1ccc([N+](=O)[O-])c([C@@H](OCc2cn([C@H]3CC(O)[C@@H](COP(=O)(O)OP(=O)(O)OP(=O)(O)O)O3)c(=O)[nH]c2=O)C(C)(C)C)c1. The van der Waals surface area contributed by atoms with Crippen molar-refractivity contribution < 1.29 is 70.7 Å². The number of nitro benzene ring substituents is 1. The fourth-order valence-electron chi connectivity index (χ4n) is 4.37. The molecule has 46 heavy (non-hydrogen) atoms. The molecule has 0 aliphatic carbocycles. The molecule has 1 saturated heterocycles. The molecule has 0 radical (unpaired) electrons. The number of benzene rings is 1. The fraction of sp³-hybridized carbons (Fsp3) is 0.545. The average molecular weight is 719 g/mol. The number of nitrogens with one attached hydrogen (secondary N) is 1. The van der Waals surface area contributed by atoms with Crippen LogP contribution in [0.15, 0.2) is 34.0 Å². The molecule has 1 aromatic carbocycles. The first-order chi connectivity index (χ1) is 21.0. The highest BCUT2D eigenvalue weighted by Gasteiger charge is 2.43. The van der Waals surface area contributed by atoms with Crippen molar-refractivity contribution in [2.45, 2.75) is 58.3 Å². The van der Waals surface area contributed by atoms with Gasteiger partial charge in [0.2, 0.25) is 0 Å². The Labute approximate surface area is 259 Å². The molecule has 21 nitrogen and oxygen atoms in total. The van der Waals surface area contributed by atoms with Crippen molar-refractivity contribution in [3.8, 4) is 5.75 Å². The summed E-state index contributed by atoms with van der Waals surface area (Å²) in [6.07, 6.45) is -4.40. The third-order valence-electron chi connectivity index (χ3n) is 6.28. The van der Waals surface area contributed by atoms with Crippen LogP contribution in [0.3, 0.4) is 0 Å². The highest BCUT2D eigenvalue weighted by atomic mass is 31.3. The number of H-pyrrole nitrogens is 1. The zero-order valence-corrected chi connectivity index (χ0v) is 27.2. The number of aromatic nitrogens is 2. The van der Waals surface area contributed by atoms with Gasteiger partial charge in [0.25, 0.3) is 11.2 Å². The van der Waals surface area contributed by atoms with E-state index in [4.69, 9.17) is 24.0 Å². The van der Waals surface area contributed by atoms with Gasteiger partial charge in [-0.3, -0.25) is 29.0 Å². The van der Waals surface area contributed by atoms with E-state index >= 15 is 0 Å². The average Bonchev–Trinajstić information content (AvgIpc) is 3.25. The third-order valence-corrected chi connectivity index (χ3v) is 10.1. The van der Waals surface area contributed by atoms with Gasteiger partial charge in [-0.2, -0.15) is 8.62 Å². The van der Waals surface area contributed by atoms with Crippen molar-refractivity contribution in [2.24, 2.45) is 5.41 Å². The van der Waals surface area contributed by atoms with Gasteiger partial charge in [0.05, 0.1) is 48.6 Å². The molecule has 2 aromatic rings. The Morgan fingerprint density at radius 2 is 1.78 bits per heavy atom. The summed E-state index contributed by atoms with van der Waals surface area (Å²) in [5.74, 6) is 0.323.